The van der Waals surface area contributed by atoms with Crippen molar-refractivity contribution >= 4 is 18.2 Å². The number of hydrogen-bond acceptors (Lipinski definition) is 4. The lowest BCUT2D eigenvalue weighted by molar-refractivity contribution is 0.0866. The van der Waals surface area contributed by atoms with E-state index in [4.69, 9.17) is 9.47 Å². The van der Waals surface area contributed by atoms with Crippen LogP contribution in [0.25, 0.3) is 0 Å². The van der Waals surface area contributed by atoms with Gasteiger partial charge in [-0.15, -0.1) is 12.4 Å². The molecule has 4 nitrogen and oxygen atoms in total. The van der Waals surface area contributed by atoms with Crippen molar-refractivity contribution in [3.63, 3.8) is 0 Å². The Balaban J connectivity index is 0.00000200. The highest BCUT2D eigenvalue weighted by Crippen LogP contribution is 2.28. The molecule has 1 aromatic carbocycles. The largest absolute Gasteiger partial charge is 0.493 e. The molecule has 1 aliphatic heterocycles. The number of halogens is 1. The third-order valence-electron chi connectivity index (χ3n) is 3.74. The van der Waals surface area contributed by atoms with Crippen LogP contribution < -0.4 is 9.47 Å². The van der Waals surface area contributed by atoms with Crippen LogP contribution in [0.5, 0.6) is 11.5 Å². The zero-order chi connectivity index (χ0) is 13.8. The van der Waals surface area contributed by atoms with Gasteiger partial charge in [0.05, 0.1) is 20.3 Å². The number of carbonyl (C=O) groups excluding carboxylic acids is 1. The first-order valence-electron chi connectivity index (χ1n) is 6.67. The number of rotatable bonds is 5. The van der Waals surface area contributed by atoms with Gasteiger partial charge < -0.3 is 9.47 Å². The Morgan fingerprint density at radius 3 is 2.30 bits per heavy atom. The second-order valence-electron chi connectivity index (χ2n) is 4.85. The average molecular weight is 300 g/mol. The van der Waals surface area contributed by atoms with Crippen LogP contribution in [0.3, 0.4) is 0 Å². The van der Waals surface area contributed by atoms with E-state index in [1.165, 1.54) is 12.8 Å². The lowest BCUT2D eigenvalue weighted by Crippen LogP contribution is -2.36. The molecule has 112 valence electrons. The van der Waals surface area contributed by atoms with E-state index in [2.05, 4.69) is 4.90 Å². The van der Waals surface area contributed by atoms with E-state index >= 15 is 0 Å². The van der Waals surface area contributed by atoms with E-state index in [1.807, 2.05) is 6.92 Å². The van der Waals surface area contributed by atoms with Crippen LogP contribution in [0.15, 0.2) is 18.2 Å². The summed E-state index contributed by atoms with van der Waals surface area (Å²) in [7, 11) is 3.17. The maximum Gasteiger partial charge on any atom is 0.179 e. The lowest BCUT2D eigenvalue weighted by atomic mass is 10.0. The number of ether oxygens (including phenoxy) is 2. The van der Waals surface area contributed by atoms with E-state index in [9.17, 15) is 4.79 Å². The van der Waals surface area contributed by atoms with Gasteiger partial charge in [-0.05, 0) is 51.1 Å². The van der Waals surface area contributed by atoms with Crippen LogP contribution in [-0.2, 0) is 0 Å². The number of likely N-dealkylation sites (tertiary alicyclic amines) is 1. The smallest absolute Gasteiger partial charge is 0.179 e. The zero-order valence-electron chi connectivity index (χ0n) is 12.2. The minimum absolute atomic E-state index is 0. The molecule has 1 fully saturated rings. The van der Waals surface area contributed by atoms with E-state index in [0.29, 0.717) is 17.1 Å². The predicted octanol–water partition coefficient (Wildman–Crippen LogP) is 2.79. The van der Waals surface area contributed by atoms with Crippen LogP contribution in [0, 0.1) is 0 Å². The van der Waals surface area contributed by atoms with Gasteiger partial charge in [0.2, 0.25) is 0 Å². The van der Waals surface area contributed by atoms with Crippen molar-refractivity contribution in [3.8, 4) is 11.5 Å². The molecule has 2 rings (SSSR count). The first-order chi connectivity index (χ1) is 9.17. The molecule has 0 aromatic heterocycles. The second kappa shape index (κ2) is 7.50. The quantitative estimate of drug-likeness (QED) is 0.784. The van der Waals surface area contributed by atoms with Gasteiger partial charge in [-0.1, -0.05) is 0 Å². The molecular weight excluding hydrogens is 278 g/mol. The van der Waals surface area contributed by atoms with Crippen LogP contribution in [-0.4, -0.2) is 44.0 Å². The van der Waals surface area contributed by atoms with Crippen molar-refractivity contribution in [2.24, 2.45) is 0 Å². The molecule has 1 aromatic rings. The summed E-state index contributed by atoms with van der Waals surface area (Å²) in [5.74, 6) is 1.39. The number of carbonyl (C=O) groups is 1. The van der Waals surface area contributed by atoms with E-state index in [-0.39, 0.29) is 24.2 Å². The van der Waals surface area contributed by atoms with Gasteiger partial charge in [0.25, 0.3) is 0 Å². The molecule has 1 unspecified atom stereocenters. The third-order valence-corrected chi connectivity index (χ3v) is 3.74. The van der Waals surface area contributed by atoms with Crippen molar-refractivity contribution in [1.29, 1.82) is 0 Å². The molecule has 1 heterocycles. The number of benzene rings is 1. The Morgan fingerprint density at radius 2 is 1.75 bits per heavy atom. The van der Waals surface area contributed by atoms with Crippen LogP contribution in [0.1, 0.15) is 30.1 Å². The highest BCUT2D eigenvalue weighted by Gasteiger charge is 2.25. The molecular formula is C15H22ClNO3. The molecule has 0 N–H and O–H groups in total. The maximum atomic E-state index is 12.5. The van der Waals surface area contributed by atoms with Crippen molar-refractivity contribution in [2.75, 3.05) is 27.3 Å². The monoisotopic (exact) mass is 299 g/mol. The number of hydrogen-bond donors (Lipinski definition) is 0. The first kappa shape index (κ1) is 16.8. The summed E-state index contributed by atoms with van der Waals surface area (Å²) in [6.45, 7) is 4.00. The van der Waals surface area contributed by atoms with E-state index in [0.717, 1.165) is 13.1 Å². The van der Waals surface area contributed by atoms with Crippen LogP contribution in [0.2, 0.25) is 0 Å². The summed E-state index contributed by atoms with van der Waals surface area (Å²) in [5.41, 5.74) is 0.678. The van der Waals surface area contributed by atoms with Crippen molar-refractivity contribution in [1.82, 2.24) is 4.90 Å². The Labute approximate surface area is 126 Å². The summed E-state index contributed by atoms with van der Waals surface area (Å²) in [6.07, 6.45) is 2.37. The Bertz CT molecular complexity index is 458. The molecule has 1 saturated heterocycles. The van der Waals surface area contributed by atoms with Gasteiger partial charge in [0.1, 0.15) is 0 Å². The molecule has 5 heteroatoms. The fraction of sp³-hybridized carbons (Fsp3) is 0.533. The molecule has 0 amide bonds. The van der Waals surface area contributed by atoms with E-state index < -0.39 is 0 Å². The fourth-order valence-corrected chi connectivity index (χ4v) is 2.53. The molecule has 0 spiro atoms. The number of methoxy groups -OCH3 is 2. The van der Waals surface area contributed by atoms with Crippen molar-refractivity contribution in [3.05, 3.63) is 23.8 Å². The molecule has 0 saturated carbocycles. The molecule has 1 atom stereocenters. The zero-order valence-corrected chi connectivity index (χ0v) is 13.0. The van der Waals surface area contributed by atoms with Gasteiger partial charge >= 0.3 is 0 Å². The lowest BCUT2D eigenvalue weighted by Gasteiger charge is -2.22. The average Bonchev–Trinajstić information content (AvgIpc) is 2.99. The Hall–Kier alpha value is -1.26. The normalized spacial score (nSPS) is 16.4. The van der Waals surface area contributed by atoms with Crippen molar-refractivity contribution in [2.45, 2.75) is 25.8 Å². The highest BCUT2D eigenvalue weighted by molar-refractivity contribution is 6.00. The fourth-order valence-electron chi connectivity index (χ4n) is 2.53. The number of ketones is 1. The minimum Gasteiger partial charge on any atom is -0.493 e. The van der Waals surface area contributed by atoms with Crippen LogP contribution >= 0.6 is 12.4 Å². The summed E-state index contributed by atoms with van der Waals surface area (Å²) in [4.78, 5) is 14.7. The SMILES string of the molecule is COc1ccc(C(=O)C(C)N2CCCC2)cc1OC.Cl. The molecule has 1 aliphatic rings. The summed E-state index contributed by atoms with van der Waals surface area (Å²) < 4.78 is 10.4. The summed E-state index contributed by atoms with van der Waals surface area (Å²) >= 11 is 0. The second-order valence-corrected chi connectivity index (χ2v) is 4.85. The molecule has 0 bridgehead atoms. The van der Waals surface area contributed by atoms with Crippen molar-refractivity contribution < 1.29 is 14.3 Å². The maximum absolute atomic E-state index is 12.5. The third kappa shape index (κ3) is 3.44. The molecule has 0 aliphatic carbocycles. The van der Waals surface area contributed by atoms with Gasteiger partial charge in [0, 0.05) is 5.56 Å². The summed E-state index contributed by atoms with van der Waals surface area (Å²) in [6, 6.07) is 5.27. The Kier molecular flexibility index (Phi) is 6.30. The van der Waals surface area contributed by atoms with Gasteiger partial charge in [-0.2, -0.15) is 0 Å². The molecule has 0 radical (unpaired) electrons. The molecule has 20 heavy (non-hydrogen) atoms. The summed E-state index contributed by atoms with van der Waals surface area (Å²) in [5, 5.41) is 0. The van der Waals surface area contributed by atoms with Crippen LogP contribution in [0.4, 0.5) is 0 Å². The van der Waals surface area contributed by atoms with Gasteiger partial charge in [-0.25, -0.2) is 0 Å². The number of Topliss-reactive ketones (excluding diaryl/α,β-unsaturated/α-hetero) is 1. The van der Waals surface area contributed by atoms with Gasteiger partial charge in [-0.3, -0.25) is 9.69 Å². The number of nitrogens with zero attached hydrogens (tertiary/aromatic N) is 1. The Morgan fingerprint density at radius 1 is 1.15 bits per heavy atom. The minimum atomic E-state index is -0.0689. The highest BCUT2D eigenvalue weighted by atomic mass is 35.5. The standard InChI is InChI=1S/C15H21NO3.ClH/c1-11(16-8-4-5-9-16)15(17)12-6-7-13(18-2)14(10-12)19-3;/h6-7,10-11H,4-5,8-9H2,1-3H3;1H. The predicted molar refractivity (Wildman–Crippen MR) is 81.4 cm³/mol. The first-order valence-corrected chi connectivity index (χ1v) is 6.67. The topological polar surface area (TPSA) is 38.8 Å². The van der Waals surface area contributed by atoms with E-state index in [1.54, 1.807) is 32.4 Å². The van der Waals surface area contributed by atoms with Gasteiger partial charge in [0.15, 0.2) is 17.3 Å².